The van der Waals surface area contributed by atoms with Crippen molar-refractivity contribution in [2.45, 2.75) is 46.5 Å². The van der Waals surface area contributed by atoms with E-state index in [1.54, 1.807) is 12.4 Å². The zero-order chi connectivity index (χ0) is 15.5. The molecule has 0 amide bonds. The average molecular weight is 306 g/mol. The highest BCUT2D eigenvalue weighted by molar-refractivity contribution is 7.80. The highest BCUT2D eigenvalue weighted by atomic mass is 32.1. The van der Waals surface area contributed by atoms with Gasteiger partial charge >= 0.3 is 0 Å². The Kier molecular flexibility index (Phi) is 8.59. The Balaban J connectivity index is 2.27. The zero-order valence-electron chi connectivity index (χ0n) is 13.2. The van der Waals surface area contributed by atoms with E-state index in [0.29, 0.717) is 11.0 Å². The summed E-state index contributed by atoms with van der Waals surface area (Å²) in [4.78, 5) is 3.99. The molecule has 1 atom stereocenters. The van der Waals surface area contributed by atoms with Crippen LogP contribution >= 0.6 is 12.2 Å². The Morgan fingerprint density at radius 3 is 2.71 bits per heavy atom. The summed E-state index contributed by atoms with van der Waals surface area (Å²) in [6.45, 7) is 7.31. The summed E-state index contributed by atoms with van der Waals surface area (Å²) < 4.78 is 0. The van der Waals surface area contributed by atoms with Gasteiger partial charge in [0.15, 0.2) is 5.11 Å². The minimum atomic E-state index is 0.575. The van der Waals surface area contributed by atoms with E-state index in [2.05, 4.69) is 34.7 Å². The molecule has 0 saturated heterocycles. The molecule has 0 spiro atoms. The fourth-order valence-corrected chi connectivity index (χ4v) is 2.07. The Morgan fingerprint density at radius 2 is 2.05 bits per heavy atom. The van der Waals surface area contributed by atoms with Crippen molar-refractivity contribution in [2.24, 2.45) is 11.0 Å². The molecule has 1 rings (SSSR count). The topological polar surface area (TPSA) is 49.3 Å². The molecule has 0 aromatic carbocycles. The predicted octanol–water partition coefficient (Wildman–Crippen LogP) is 3.49. The van der Waals surface area contributed by atoms with E-state index in [4.69, 9.17) is 12.2 Å². The van der Waals surface area contributed by atoms with Crippen LogP contribution in [0.4, 0.5) is 0 Å². The Bertz CT molecular complexity index is 445. The molecule has 0 aliphatic heterocycles. The van der Waals surface area contributed by atoms with Gasteiger partial charge in [0.25, 0.3) is 0 Å². The lowest BCUT2D eigenvalue weighted by atomic mass is 10.0. The molecule has 21 heavy (non-hydrogen) atoms. The number of pyridine rings is 1. The molecule has 0 unspecified atom stereocenters. The second-order valence-electron chi connectivity index (χ2n) is 5.36. The van der Waals surface area contributed by atoms with Crippen molar-refractivity contribution in [3.8, 4) is 0 Å². The number of rotatable bonds is 8. The highest BCUT2D eigenvalue weighted by Gasteiger charge is 2.03. The zero-order valence-corrected chi connectivity index (χ0v) is 14.0. The van der Waals surface area contributed by atoms with Crippen LogP contribution in [0.25, 0.3) is 0 Å². The van der Waals surface area contributed by atoms with Gasteiger partial charge in [-0.1, -0.05) is 33.1 Å². The molecule has 0 fully saturated rings. The third-order valence-corrected chi connectivity index (χ3v) is 3.57. The van der Waals surface area contributed by atoms with E-state index in [0.717, 1.165) is 17.8 Å². The normalized spacial score (nSPS) is 12.8. The van der Waals surface area contributed by atoms with Crippen molar-refractivity contribution in [1.82, 2.24) is 15.7 Å². The first-order valence-electron chi connectivity index (χ1n) is 7.62. The van der Waals surface area contributed by atoms with Crippen LogP contribution in [0.3, 0.4) is 0 Å². The summed E-state index contributed by atoms with van der Waals surface area (Å²) >= 11 is 5.23. The van der Waals surface area contributed by atoms with Crippen LogP contribution in [0.2, 0.25) is 0 Å². The molecular weight excluding hydrogens is 280 g/mol. The molecule has 116 valence electrons. The SMILES string of the molecule is CCCCC[C@@H](C)CNC(=S)N/N=C(/C)c1ccncc1. The Hall–Kier alpha value is -1.49. The van der Waals surface area contributed by atoms with Crippen molar-refractivity contribution in [3.63, 3.8) is 0 Å². The van der Waals surface area contributed by atoms with Crippen LogP contribution in [-0.2, 0) is 0 Å². The number of aromatic nitrogens is 1. The lowest BCUT2D eigenvalue weighted by Crippen LogP contribution is -2.35. The molecule has 4 nitrogen and oxygen atoms in total. The van der Waals surface area contributed by atoms with Gasteiger partial charge in [0.2, 0.25) is 0 Å². The smallest absolute Gasteiger partial charge is 0.186 e. The van der Waals surface area contributed by atoms with E-state index in [-0.39, 0.29) is 0 Å². The molecule has 0 saturated carbocycles. The maximum absolute atomic E-state index is 5.23. The molecule has 0 aliphatic carbocycles. The van der Waals surface area contributed by atoms with Crippen LogP contribution in [0, 0.1) is 5.92 Å². The summed E-state index contributed by atoms with van der Waals surface area (Å²) in [7, 11) is 0. The Morgan fingerprint density at radius 1 is 1.33 bits per heavy atom. The first-order chi connectivity index (χ1) is 10.1. The van der Waals surface area contributed by atoms with E-state index in [9.17, 15) is 0 Å². The number of nitrogens with one attached hydrogen (secondary N) is 2. The molecule has 1 aromatic heterocycles. The Labute approximate surface area is 133 Å². The van der Waals surface area contributed by atoms with E-state index in [1.807, 2.05) is 19.1 Å². The molecule has 5 heteroatoms. The molecule has 0 radical (unpaired) electrons. The summed E-state index contributed by atoms with van der Waals surface area (Å²) in [5, 5.41) is 8.07. The minimum absolute atomic E-state index is 0.575. The molecule has 1 heterocycles. The standard InChI is InChI=1S/C16H26N4S/c1-4-5-6-7-13(2)12-18-16(21)20-19-14(3)15-8-10-17-11-9-15/h8-11,13H,4-7,12H2,1-3H3,(H2,18,20,21)/b19-14-/t13-/m1/s1. The lowest BCUT2D eigenvalue weighted by molar-refractivity contribution is 0.487. The average Bonchev–Trinajstić information content (AvgIpc) is 2.51. The van der Waals surface area contributed by atoms with Crippen LogP contribution < -0.4 is 10.7 Å². The summed E-state index contributed by atoms with van der Waals surface area (Å²) in [5.41, 5.74) is 4.81. The number of hydrogen-bond acceptors (Lipinski definition) is 3. The van der Waals surface area contributed by atoms with E-state index >= 15 is 0 Å². The van der Waals surface area contributed by atoms with E-state index < -0.39 is 0 Å². The monoisotopic (exact) mass is 306 g/mol. The van der Waals surface area contributed by atoms with Crippen LogP contribution in [0.15, 0.2) is 29.6 Å². The second-order valence-corrected chi connectivity index (χ2v) is 5.76. The van der Waals surface area contributed by atoms with Gasteiger partial charge in [-0.15, -0.1) is 0 Å². The fraction of sp³-hybridized carbons (Fsp3) is 0.562. The second kappa shape index (κ2) is 10.3. The molecule has 2 N–H and O–H groups in total. The van der Waals surface area contributed by atoms with Gasteiger partial charge in [-0.25, -0.2) is 0 Å². The maximum atomic E-state index is 5.23. The van der Waals surface area contributed by atoms with Crippen LogP contribution in [0.5, 0.6) is 0 Å². The minimum Gasteiger partial charge on any atom is -0.361 e. The van der Waals surface area contributed by atoms with Crippen LogP contribution in [-0.4, -0.2) is 22.4 Å². The maximum Gasteiger partial charge on any atom is 0.186 e. The number of nitrogens with zero attached hydrogens (tertiary/aromatic N) is 2. The van der Waals surface area contributed by atoms with E-state index in [1.165, 1.54) is 25.7 Å². The first-order valence-corrected chi connectivity index (χ1v) is 8.02. The molecular formula is C16H26N4S. The predicted molar refractivity (Wildman–Crippen MR) is 93.5 cm³/mol. The lowest BCUT2D eigenvalue weighted by Gasteiger charge is -2.13. The molecule has 0 aliphatic rings. The quantitative estimate of drug-likeness (QED) is 0.334. The first kappa shape index (κ1) is 17.6. The van der Waals surface area contributed by atoms with Gasteiger partial charge < -0.3 is 5.32 Å². The van der Waals surface area contributed by atoms with Crippen molar-refractivity contribution in [2.75, 3.05) is 6.54 Å². The number of unbranched alkanes of at least 4 members (excludes halogenated alkanes) is 2. The summed E-state index contributed by atoms with van der Waals surface area (Å²) in [6, 6.07) is 3.85. The molecule has 1 aromatic rings. The van der Waals surface area contributed by atoms with Gasteiger partial charge in [-0.3, -0.25) is 10.4 Å². The third-order valence-electron chi connectivity index (χ3n) is 3.33. The van der Waals surface area contributed by atoms with Gasteiger partial charge in [0.05, 0.1) is 5.71 Å². The number of hydrazone groups is 1. The van der Waals surface area contributed by atoms with Gasteiger partial charge in [0, 0.05) is 24.5 Å². The van der Waals surface area contributed by atoms with Gasteiger partial charge in [0.1, 0.15) is 0 Å². The van der Waals surface area contributed by atoms with Crippen LogP contribution in [0.1, 0.15) is 52.0 Å². The van der Waals surface area contributed by atoms with Crippen molar-refractivity contribution >= 4 is 23.0 Å². The number of hydrogen-bond donors (Lipinski definition) is 2. The fourth-order valence-electron chi connectivity index (χ4n) is 1.94. The summed E-state index contributed by atoms with van der Waals surface area (Å²) in [6.07, 6.45) is 8.61. The van der Waals surface area contributed by atoms with Gasteiger partial charge in [-0.2, -0.15) is 5.10 Å². The van der Waals surface area contributed by atoms with Crippen molar-refractivity contribution < 1.29 is 0 Å². The van der Waals surface area contributed by atoms with Gasteiger partial charge in [-0.05, 0) is 43.6 Å². The largest absolute Gasteiger partial charge is 0.361 e. The number of thiocarbonyl (C=S) groups is 1. The summed E-state index contributed by atoms with van der Waals surface area (Å²) in [5.74, 6) is 0.626. The van der Waals surface area contributed by atoms with Crippen molar-refractivity contribution in [3.05, 3.63) is 30.1 Å². The third kappa shape index (κ3) is 7.75. The molecule has 0 bridgehead atoms. The highest BCUT2D eigenvalue weighted by Crippen LogP contribution is 2.07. The van der Waals surface area contributed by atoms with Crippen molar-refractivity contribution in [1.29, 1.82) is 0 Å².